The number of ether oxygens (including phenoxy) is 1. The molecule has 0 bridgehead atoms. The average molecular weight is 341 g/mol. The van der Waals surface area contributed by atoms with Crippen molar-refractivity contribution in [3.63, 3.8) is 0 Å². The second-order valence-electron chi connectivity index (χ2n) is 6.33. The van der Waals surface area contributed by atoms with Crippen LogP contribution in [-0.2, 0) is 6.42 Å². The summed E-state index contributed by atoms with van der Waals surface area (Å²) in [6.07, 6.45) is 1.23. The Hall–Kier alpha value is -2.27. The maximum atomic E-state index is 9.15. The Labute approximate surface area is 149 Å². The molecular weight excluding hydrogens is 314 g/mol. The van der Waals surface area contributed by atoms with Crippen LogP contribution in [0.1, 0.15) is 55.9 Å². The zero-order valence-corrected chi connectivity index (χ0v) is 15.8. The van der Waals surface area contributed by atoms with E-state index in [9.17, 15) is 0 Å². The van der Waals surface area contributed by atoms with Crippen LogP contribution < -0.4 is 4.74 Å². The van der Waals surface area contributed by atoms with Gasteiger partial charge in [0.25, 0.3) is 0 Å². The van der Waals surface area contributed by atoms with Gasteiger partial charge in [0, 0.05) is 12.3 Å². The highest BCUT2D eigenvalue weighted by molar-refractivity contribution is 5.70. The van der Waals surface area contributed by atoms with Crippen molar-refractivity contribution in [1.82, 2.24) is 15.0 Å². The Bertz CT molecular complexity index is 770. The monoisotopic (exact) mass is 341 g/mol. The molecule has 0 saturated carbocycles. The second-order valence-corrected chi connectivity index (χ2v) is 6.33. The summed E-state index contributed by atoms with van der Waals surface area (Å²) in [6.45, 7) is 12.2. The van der Waals surface area contributed by atoms with Crippen LogP contribution in [0.5, 0.6) is 5.88 Å². The normalized spacial score (nSPS) is 11.0. The topological polar surface area (TPSA) is 68.1 Å². The molecule has 2 aromatic heterocycles. The van der Waals surface area contributed by atoms with E-state index in [0.29, 0.717) is 18.2 Å². The van der Waals surface area contributed by atoms with Gasteiger partial charge in [-0.1, -0.05) is 27.4 Å². The molecule has 0 aliphatic rings. The summed E-state index contributed by atoms with van der Waals surface area (Å²) >= 11 is 0. The molecule has 0 saturated heterocycles. The predicted molar refractivity (Wildman–Crippen MR) is 101 cm³/mol. The van der Waals surface area contributed by atoms with E-state index in [1.54, 1.807) is 7.11 Å². The number of pyridine rings is 1. The lowest BCUT2D eigenvalue weighted by molar-refractivity contribution is 0.305. The van der Waals surface area contributed by atoms with Crippen LogP contribution in [0.25, 0.3) is 16.8 Å². The highest BCUT2D eigenvalue weighted by Crippen LogP contribution is 2.32. The van der Waals surface area contributed by atoms with Gasteiger partial charge in [0.15, 0.2) is 0 Å². The lowest BCUT2D eigenvalue weighted by Gasteiger charge is -2.16. The van der Waals surface area contributed by atoms with E-state index in [0.717, 1.165) is 46.0 Å². The number of aliphatic hydroxyl groups is 1. The molecule has 0 spiro atoms. The summed E-state index contributed by atoms with van der Waals surface area (Å²) in [5, 5.41) is 9.15. The molecule has 2 heterocycles. The third-order valence-electron chi connectivity index (χ3n) is 4.15. The zero-order valence-electron chi connectivity index (χ0n) is 15.8. The minimum absolute atomic E-state index is 0.0531. The maximum absolute atomic E-state index is 9.15. The van der Waals surface area contributed by atoms with Crippen LogP contribution >= 0.6 is 0 Å². The molecule has 2 rings (SSSR count). The summed E-state index contributed by atoms with van der Waals surface area (Å²) in [5.74, 6) is 0.891. The first-order chi connectivity index (χ1) is 11.9. The first-order valence-electron chi connectivity index (χ1n) is 8.64. The van der Waals surface area contributed by atoms with Crippen molar-refractivity contribution in [3.8, 4) is 17.1 Å². The summed E-state index contributed by atoms with van der Waals surface area (Å²) < 4.78 is 5.52. The van der Waals surface area contributed by atoms with Gasteiger partial charge in [0.05, 0.1) is 35.4 Å². The molecule has 0 aliphatic heterocycles. The zero-order chi connectivity index (χ0) is 18.6. The molecule has 0 atom stereocenters. The molecule has 1 N–H and O–H groups in total. The van der Waals surface area contributed by atoms with Crippen molar-refractivity contribution in [2.45, 2.75) is 46.5 Å². The molecule has 0 aromatic carbocycles. The Morgan fingerprint density at radius 2 is 1.96 bits per heavy atom. The Morgan fingerprint density at radius 1 is 1.24 bits per heavy atom. The van der Waals surface area contributed by atoms with Crippen molar-refractivity contribution in [2.24, 2.45) is 0 Å². The molecule has 134 valence electrons. The molecule has 0 aliphatic carbocycles. The van der Waals surface area contributed by atoms with E-state index in [4.69, 9.17) is 19.8 Å². The largest absolute Gasteiger partial charge is 0.480 e. The molecule has 2 aromatic rings. The minimum atomic E-state index is 0.0531. The predicted octanol–water partition coefficient (Wildman–Crippen LogP) is 3.94. The number of aryl methyl sites for hydroxylation is 2. The summed E-state index contributed by atoms with van der Waals surface area (Å²) in [5.41, 5.74) is 5.85. The fourth-order valence-electron chi connectivity index (χ4n) is 2.72. The fraction of sp³-hybridized carbons (Fsp3) is 0.450. The van der Waals surface area contributed by atoms with E-state index >= 15 is 0 Å². The van der Waals surface area contributed by atoms with Crippen molar-refractivity contribution >= 4 is 5.57 Å². The van der Waals surface area contributed by atoms with Gasteiger partial charge in [-0.05, 0) is 43.4 Å². The van der Waals surface area contributed by atoms with Gasteiger partial charge in [-0.25, -0.2) is 15.0 Å². The van der Waals surface area contributed by atoms with Crippen LogP contribution in [0.2, 0.25) is 0 Å². The van der Waals surface area contributed by atoms with Gasteiger partial charge in [-0.15, -0.1) is 0 Å². The number of aromatic nitrogens is 3. The second kappa shape index (κ2) is 8.21. The summed E-state index contributed by atoms with van der Waals surface area (Å²) in [7, 11) is 1.62. The highest BCUT2D eigenvalue weighted by atomic mass is 16.5. The van der Waals surface area contributed by atoms with Crippen LogP contribution in [0.15, 0.2) is 18.7 Å². The summed E-state index contributed by atoms with van der Waals surface area (Å²) in [6, 6.07) is 4.02. The van der Waals surface area contributed by atoms with E-state index in [2.05, 4.69) is 25.4 Å². The van der Waals surface area contributed by atoms with Gasteiger partial charge in [0.1, 0.15) is 0 Å². The Kier molecular flexibility index (Phi) is 6.26. The SMILES string of the molecule is C=C(CCO)c1nc(CC)c(-c2ccc(C(C)C)nc2OC)nc1C. The average Bonchev–Trinajstić information content (AvgIpc) is 2.60. The quantitative estimate of drug-likeness (QED) is 0.826. The van der Waals surface area contributed by atoms with Crippen molar-refractivity contribution in [2.75, 3.05) is 13.7 Å². The van der Waals surface area contributed by atoms with Crippen molar-refractivity contribution in [1.29, 1.82) is 0 Å². The van der Waals surface area contributed by atoms with Gasteiger partial charge >= 0.3 is 0 Å². The molecule has 0 fully saturated rings. The van der Waals surface area contributed by atoms with Crippen LogP contribution in [0.3, 0.4) is 0 Å². The molecule has 5 nitrogen and oxygen atoms in total. The van der Waals surface area contributed by atoms with E-state index in [-0.39, 0.29) is 6.61 Å². The number of nitrogens with zero attached hydrogens (tertiary/aromatic N) is 3. The van der Waals surface area contributed by atoms with E-state index in [1.807, 2.05) is 26.0 Å². The smallest absolute Gasteiger partial charge is 0.222 e. The highest BCUT2D eigenvalue weighted by Gasteiger charge is 2.18. The molecule has 5 heteroatoms. The fourth-order valence-corrected chi connectivity index (χ4v) is 2.72. The summed E-state index contributed by atoms with van der Waals surface area (Å²) in [4.78, 5) is 14.2. The standard InChI is InChI=1S/C20H27N3O2/c1-7-16-19(21-14(5)18(22-16)13(4)10-11-24)15-8-9-17(12(2)3)23-20(15)25-6/h8-9,12,24H,4,7,10-11H2,1-3,5-6H3. The number of aliphatic hydroxyl groups excluding tert-OH is 1. The lowest BCUT2D eigenvalue weighted by atomic mass is 10.0. The Morgan fingerprint density at radius 3 is 2.52 bits per heavy atom. The first-order valence-corrected chi connectivity index (χ1v) is 8.64. The van der Waals surface area contributed by atoms with Crippen LogP contribution in [-0.4, -0.2) is 33.8 Å². The number of rotatable bonds is 7. The first kappa shape index (κ1) is 19.1. The molecule has 0 radical (unpaired) electrons. The maximum Gasteiger partial charge on any atom is 0.222 e. The number of hydrogen-bond acceptors (Lipinski definition) is 5. The third kappa shape index (κ3) is 4.04. The Balaban J connectivity index is 2.59. The van der Waals surface area contributed by atoms with Crippen molar-refractivity contribution < 1.29 is 9.84 Å². The van der Waals surface area contributed by atoms with Gasteiger partial charge in [-0.2, -0.15) is 0 Å². The lowest BCUT2D eigenvalue weighted by Crippen LogP contribution is -2.07. The molecule has 25 heavy (non-hydrogen) atoms. The molecular formula is C20H27N3O2. The van der Waals surface area contributed by atoms with Crippen LogP contribution in [0, 0.1) is 6.92 Å². The van der Waals surface area contributed by atoms with Gasteiger partial charge in [0.2, 0.25) is 5.88 Å². The van der Waals surface area contributed by atoms with Gasteiger partial charge < -0.3 is 9.84 Å². The van der Waals surface area contributed by atoms with E-state index in [1.165, 1.54) is 0 Å². The van der Waals surface area contributed by atoms with E-state index < -0.39 is 0 Å². The van der Waals surface area contributed by atoms with Gasteiger partial charge in [-0.3, -0.25) is 0 Å². The molecule has 0 unspecified atom stereocenters. The minimum Gasteiger partial charge on any atom is -0.480 e. The number of hydrogen-bond donors (Lipinski definition) is 1. The van der Waals surface area contributed by atoms with Crippen LogP contribution in [0.4, 0.5) is 0 Å². The third-order valence-corrected chi connectivity index (χ3v) is 4.15. The number of methoxy groups -OCH3 is 1. The molecule has 0 amide bonds. The van der Waals surface area contributed by atoms with Crippen molar-refractivity contribution in [3.05, 3.63) is 41.5 Å².